The number of rotatable bonds is 60. The number of amides is 1. The van der Waals surface area contributed by atoms with Crippen molar-refractivity contribution in [3.8, 4) is 0 Å². The molecule has 0 fully saturated rings. The van der Waals surface area contributed by atoms with Gasteiger partial charge in [0.2, 0.25) is 5.91 Å². The van der Waals surface area contributed by atoms with Crippen LogP contribution < -0.4 is 5.32 Å². The number of hydrogen-bond acceptors (Lipinski definition) is 3. The van der Waals surface area contributed by atoms with Crippen molar-refractivity contribution in [1.29, 1.82) is 0 Å². The van der Waals surface area contributed by atoms with E-state index in [1.54, 1.807) is 6.08 Å². The highest BCUT2D eigenvalue weighted by molar-refractivity contribution is 5.76. The normalized spacial score (nSPS) is 12.8. The maximum atomic E-state index is 12.5. The van der Waals surface area contributed by atoms with Gasteiger partial charge in [-0.2, -0.15) is 0 Å². The predicted molar refractivity (Wildman–Crippen MR) is 309 cm³/mol. The number of carbonyl (C=O) groups is 1. The fourth-order valence-electron chi connectivity index (χ4n) is 10.3. The summed E-state index contributed by atoms with van der Waals surface area (Å²) in [6.45, 7) is 4.35. The Bertz CT molecular complexity index is 1010. The molecule has 0 spiro atoms. The Morgan fingerprint density at radius 1 is 0.333 bits per heavy atom. The highest BCUT2D eigenvalue weighted by Crippen LogP contribution is 2.19. The van der Waals surface area contributed by atoms with Crippen LogP contribution in [0.5, 0.6) is 0 Å². The van der Waals surface area contributed by atoms with Gasteiger partial charge in [0.1, 0.15) is 0 Å². The predicted octanol–water partition coefficient (Wildman–Crippen LogP) is 21.4. The lowest BCUT2D eigenvalue weighted by Crippen LogP contribution is -2.45. The number of unbranched alkanes of at least 4 members (excludes halogenated alkanes) is 51. The largest absolute Gasteiger partial charge is 0.394 e. The third-order valence-electron chi connectivity index (χ3n) is 15.2. The van der Waals surface area contributed by atoms with Gasteiger partial charge in [-0.05, 0) is 32.1 Å². The summed E-state index contributed by atoms with van der Waals surface area (Å²) in [7, 11) is 0. The van der Waals surface area contributed by atoms with Crippen LogP contribution in [0.3, 0.4) is 0 Å². The van der Waals surface area contributed by atoms with Gasteiger partial charge in [-0.3, -0.25) is 4.79 Å². The quantitative estimate of drug-likeness (QED) is 0.0420. The van der Waals surface area contributed by atoms with E-state index < -0.39 is 12.1 Å². The third-order valence-corrected chi connectivity index (χ3v) is 15.2. The monoisotopic (exact) mass is 970 g/mol. The van der Waals surface area contributed by atoms with Gasteiger partial charge >= 0.3 is 0 Å². The lowest BCUT2D eigenvalue weighted by Gasteiger charge is -2.19. The molecule has 0 heterocycles. The zero-order valence-corrected chi connectivity index (χ0v) is 47.4. The van der Waals surface area contributed by atoms with E-state index in [1.165, 1.54) is 315 Å². The molecule has 0 aliphatic heterocycles. The minimum atomic E-state index is -0.861. The molecule has 2 unspecified atom stereocenters. The molecule has 69 heavy (non-hydrogen) atoms. The summed E-state index contributed by atoms with van der Waals surface area (Å²) in [5, 5.41) is 23.2. The van der Waals surface area contributed by atoms with Crippen LogP contribution in [0.1, 0.15) is 367 Å². The number of allylic oxidation sites excluding steroid dienone is 3. The smallest absolute Gasteiger partial charge is 0.220 e. The Kier molecular flexibility index (Phi) is 60.2. The molecule has 0 saturated heterocycles. The second-order valence-electron chi connectivity index (χ2n) is 22.2. The molecule has 0 saturated carbocycles. The van der Waals surface area contributed by atoms with Crippen LogP contribution in [0.4, 0.5) is 0 Å². The first-order valence-electron chi connectivity index (χ1n) is 32.1. The van der Waals surface area contributed by atoms with E-state index in [1.807, 2.05) is 6.08 Å². The summed E-state index contributed by atoms with van der Waals surface area (Å²) >= 11 is 0. The van der Waals surface area contributed by atoms with E-state index in [2.05, 4.69) is 31.3 Å². The first kappa shape index (κ1) is 67.9. The molecule has 0 bridgehead atoms. The molecule has 1 amide bonds. The highest BCUT2D eigenvalue weighted by Gasteiger charge is 2.18. The molecule has 4 heteroatoms. The van der Waals surface area contributed by atoms with Crippen molar-refractivity contribution in [2.45, 2.75) is 379 Å². The molecular weight excluding hydrogens is 843 g/mol. The van der Waals surface area contributed by atoms with E-state index in [4.69, 9.17) is 0 Å². The van der Waals surface area contributed by atoms with Crippen LogP contribution >= 0.6 is 0 Å². The van der Waals surface area contributed by atoms with Crippen molar-refractivity contribution in [3.05, 3.63) is 24.3 Å². The molecular formula is C65H127NO3. The van der Waals surface area contributed by atoms with Crippen LogP contribution in [0.15, 0.2) is 24.3 Å². The zero-order chi connectivity index (χ0) is 49.9. The van der Waals surface area contributed by atoms with Crippen LogP contribution in [-0.2, 0) is 4.79 Å². The van der Waals surface area contributed by atoms with Gasteiger partial charge in [-0.1, -0.05) is 353 Å². The van der Waals surface area contributed by atoms with E-state index in [9.17, 15) is 15.0 Å². The molecule has 410 valence electrons. The van der Waals surface area contributed by atoms with Crippen LogP contribution in [0.2, 0.25) is 0 Å². The summed E-state index contributed by atoms with van der Waals surface area (Å²) < 4.78 is 0. The minimum absolute atomic E-state index is 0.0650. The zero-order valence-electron chi connectivity index (χ0n) is 47.4. The Balaban J connectivity index is 3.45. The Hall–Kier alpha value is -1.13. The second-order valence-corrected chi connectivity index (χ2v) is 22.2. The van der Waals surface area contributed by atoms with Crippen LogP contribution in [-0.4, -0.2) is 34.9 Å². The van der Waals surface area contributed by atoms with Crippen LogP contribution in [0.25, 0.3) is 0 Å². The lowest BCUT2D eigenvalue weighted by molar-refractivity contribution is -0.123. The Morgan fingerprint density at radius 2 is 0.565 bits per heavy atom. The molecule has 0 rings (SSSR count). The van der Waals surface area contributed by atoms with Crippen molar-refractivity contribution < 1.29 is 15.0 Å². The molecule has 0 aromatic heterocycles. The van der Waals surface area contributed by atoms with E-state index in [0.29, 0.717) is 6.42 Å². The molecule has 0 aromatic rings. The van der Waals surface area contributed by atoms with Crippen molar-refractivity contribution >= 4 is 5.91 Å². The summed E-state index contributed by atoms with van der Waals surface area (Å²) in [6.07, 6.45) is 82.5. The molecule has 0 aliphatic carbocycles. The fraction of sp³-hybridized carbons (Fsp3) is 0.923. The number of nitrogens with one attached hydrogen (secondary N) is 1. The summed E-state index contributed by atoms with van der Waals surface area (Å²) in [5.41, 5.74) is 0. The molecule has 2 atom stereocenters. The average molecular weight is 971 g/mol. The van der Waals surface area contributed by atoms with E-state index in [0.717, 1.165) is 32.1 Å². The number of aliphatic hydroxyl groups is 2. The van der Waals surface area contributed by atoms with Crippen molar-refractivity contribution in [3.63, 3.8) is 0 Å². The molecule has 0 radical (unpaired) electrons. The molecule has 4 nitrogen and oxygen atoms in total. The average Bonchev–Trinajstić information content (AvgIpc) is 3.35. The Labute approximate surface area is 434 Å². The van der Waals surface area contributed by atoms with E-state index >= 15 is 0 Å². The lowest BCUT2D eigenvalue weighted by atomic mass is 10.0. The van der Waals surface area contributed by atoms with E-state index in [-0.39, 0.29) is 12.5 Å². The van der Waals surface area contributed by atoms with Gasteiger partial charge in [0, 0.05) is 6.42 Å². The topological polar surface area (TPSA) is 69.6 Å². The summed E-state index contributed by atoms with van der Waals surface area (Å²) in [6, 6.07) is -0.637. The van der Waals surface area contributed by atoms with Crippen LogP contribution in [0, 0.1) is 0 Å². The van der Waals surface area contributed by atoms with Gasteiger partial charge < -0.3 is 15.5 Å². The summed E-state index contributed by atoms with van der Waals surface area (Å²) in [4.78, 5) is 12.5. The minimum Gasteiger partial charge on any atom is -0.394 e. The van der Waals surface area contributed by atoms with Crippen molar-refractivity contribution in [1.82, 2.24) is 5.32 Å². The second kappa shape index (κ2) is 61.2. The first-order chi connectivity index (χ1) is 34.2. The maximum absolute atomic E-state index is 12.5. The fourth-order valence-corrected chi connectivity index (χ4v) is 10.3. The van der Waals surface area contributed by atoms with Gasteiger partial charge in [0.15, 0.2) is 0 Å². The summed E-state index contributed by atoms with van der Waals surface area (Å²) in [5.74, 6) is -0.0650. The van der Waals surface area contributed by atoms with Gasteiger partial charge in [0.25, 0.3) is 0 Å². The first-order valence-corrected chi connectivity index (χ1v) is 32.1. The highest BCUT2D eigenvalue weighted by atomic mass is 16.3. The van der Waals surface area contributed by atoms with Gasteiger partial charge in [-0.25, -0.2) is 0 Å². The standard InChI is InChI=1S/C65H127NO3/c1-3-5-7-9-11-13-15-17-19-21-23-25-27-29-31-33-34-36-38-40-42-44-46-48-50-52-54-56-58-60-64(68)63(62-67)66-65(69)61-59-57-55-53-51-49-47-45-43-41-39-37-35-32-30-28-26-24-22-20-18-16-14-12-10-8-6-4-2/h50,52,58,60,63-64,67-68H,3-49,51,53-57,59,61-62H2,1-2H3,(H,66,69)/b52-50+,60-58+. The number of carbonyl (C=O) groups excluding carboxylic acids is 1. The maximum Gasteiger partial charge on any atom is 0.220 e. The number of hydrogen-bond donors (Lipinski definition) is 3. The van der Waals surface area contributed by atoms with Gasteiger partial charge in [-0.15, -0.1) is 0 Å². The van der Waals surface area contributed by atoms with Crippen molar-refractivity contribution in [2.24, 2.45) is 0 Å². The number of aliphatic hydroxyl groups excluding tert-OH is 2. The molecule has 3 N–H and O–H groups in total. The van der Waals surface area contributed by atoms with Crippen molar-refractivity contribution in [2.75, 3.05) is 6.61 Å². The SMILES string of the molecule is CCCCCCCCCCCCCCCCCCCCCCCCC/C=C/CC/C=C/C(O)C(CO)NC(=O)CCCCCCCCCCCCCCCCCCCCCCCCCCCCCC. The Morgan fingerprint density at radius 3 is 0.841 bits per heavy atom. The molecule has 0 aromatic carbocycles. The van der Waals surface area contributed by atoms with Gasteiger partial charge in [0.05, 0.1) is 18.8 Å². The molecule has 0 aliphatic rings. The third kappa shape index (κ3) is 57.6.